The highest BCUT2D eigenvalue weighted by Crippen LogP contribution is 2.28. The predicted octanol–water partition coefficient (Wildman–Crippen LogP) is 3.30. The minimum atomic E-state index is 1.02. The van der Waals surface area contributed by atoms with Crippen LogP contribution in [0.2, 0.25) is 0 Å². The van der Waals surface area contributed by atoms with Gasteiger partial charge in [-0.1, -0.05) is 24.3 Å². The van der Waals surface area contributed by atoms with Crippen molar-refractivity contribution in [2.24, 2.45) is 0 Å². The third-order valence-electron chi connectivity index (χ3n) is 4.20. The Morgan fingerprint density at radius 2 is 1.90 bits per heavy atom. The van der Waals surface area contributed by atoms with Crippen molar-refractivity contribution in [3.63, 3.8) is 0 Å². The van der Waals surface area contributed by atoms with Crippen molar-refractivity contribution >= 4 is 11.3 Å². The van der Waals surface area contributed by atoms with E-state index in [0.717, 1.165) is 30.1 Å². The van der Waals surface area contributed by atoms with Gasteiger partial charge in [0, 0.05) is 31.0 Å². The maximum absolute atomic E-state index is 4.73. The molecule has 1 saturated heterocycles. The lowest BCUT2D eigenvalue weighted by atomic mass is 10.1. The molecule has 3 heterocycles. The van der Waals surface area contributed by atoms with Crippen molar-refractivity contribution < 1.29 is 0 Å². The Kier molecular flexibility index (Phi) is 2.88. The van der Waals surface area contributed by atoms with Gasteiger partial charge in [0.25, 0.3) is 0 Å². The van der Waals surface area contributed by atoms with Crippen LogP contribution in [-0.4, -0.2) is 27.7 Å². The number of aryl methyl sites for hydroxylation is 1. The van der Waals surface area contributed by atoms with Crippen molar-refractivity contribution in [1.82, 2.24) is 14.6 Å². The first-order valence-corrected chi connectivity index (χ1v) is 7.48. The molecule has 1 fully saturated rings. The number of benzene rings is 1. The highest BCUT2D eigenvalue weighted by atomic mass is 15.3. The van der Waals surface area contributed by atoms with Crippen molar-refractivity contribution in [1.29, 1.82) is 0 Å². The molecule has 2 aromatic heterocycles. The van der Waals surface area contributed by atoms with E-state index in [1.54, 1.807) is 0 Å². The summed E-state index contributed by atoms with van der Waals surface area (Å²) in [6, 6.07) is 10.5. The van der Waals surface area contributed by atoms with E-state index in [1.807, 2.05) is 16.9 Å². The second-order valence-electron chi connectivity index (χ2n) is 5.62. The van der Waals surface area contributed by atoms with E-state index in [9.17, 15) is 0 Å². The van der Waals surface area contributed by atoms with Crippen LogP contribution >= 0.6 is 0 Å². The van der Waals surface area contributed by atoms with Gasteiger partial charge in [-0.05, 0) is 31.4 Å². The summed E-state index contributed by atoms with van der Waals surface area (Å²) in [4.78, 5) is 6.94. The van der Waals surface area contributed by atoms with Crippen molar-refractivity contribution in [2.45, 2.75) is 19.8 Å². The minimum Gasteiger partial charge on any atom is -0.355 e. The first-order chi connectivity index (χ1) is 10.3. The lowest BCUT2D eigenvalue weighted by molar-refractivity contribution is 0.900. The molecule has 4 rings (SSSR count). The third-order valence-corrected chi connectivity index (χ3v) is 4.20. The van der Waals surface area contributed by atoms with Gasteiger partial charge in [-0.2, -0.15) is 5.10 Å². The number of anilines is 1. The molecular weight excluding hydrogens is 260 g/mol. The van der Waals surface area contributed by atoms with Gasteiger partial charge in [0.05, 0.1) is 5.69 Å². The molecule has 0 spiro atoms. The van der Waals surface area contributed by atoms with Crippen molar-refractivity contribution in [3.05, 3.63) is 48.3 Å². The number of nitrogens with zero attached hydrogens (tertiary/aromatic N) is 4. The maximum atomic E-state index is 4.73. The quantitative estimate of drug-likeness (QED) is 0.721. The maximum Gasteiger partial charge on any atom is 0.154 e. The van der Waals surface area contributed by atoms with Gasteiger partial charge >= 0.3 is 0 Å². The zero-order chi connectivity index (χ0) is 14.2. The van der Waals surface area contributed by atoms with Gasteiger partial charge in [0.1, 0.15) is 5.52 Å². The molecule has 0 radical (unpaired) electrons. The van der Waals surface area contributed by atoms with E-state index in [0.29, 0.717) is 0 Å². The summed E-state index contributed by atoms with van der Waals surface area (Å²) in [7, 11) is 0. The summed E-state index contributed by atoms with van der Waals surface area (Å²) in [5.41, 5.74) is 4.55. The molecule has 0 atom stereocenters. The first kappa shape index (κ1) is 12.4. The van der Waals surface area contributed by atoms with Crippen LogP contribution in [0.5, 0.6) is 0 Å². The van der Waals surface area contributed by atoms with Crippen LogP contribution in [0, 0.1) is 6.92 Å². The Morgan fingerprint density at radius 1 is 1.10 bits per heavy atom. The molecule has 4 nitrogen and oxygen atoms in total. The lowest BCUT2D eigenvalue weighted by Gasteiger charge is -2.16. The fourth-order valence-electron chi connectivity index (χ4n) is 3.07. The smallest absolute Gasteiger partial charge is 0.154 e. The summed E-state index contributed by atoms with van der Waals surface area (Å²) < 4.78 is 1.95. The fraction of sp³-hybridized carbons (Fsp3) is 0.294. The Bertz CT molecular complexity index is 784. The average Bonchev–Trinajstić information content (AvgIpc) is 3.16. The second kappa shape index (κ2) is 4.88. The van der Waals surface area contributed by atoms with Gasteiger partial charge < -0.3 is 4.90 Å². The first-order valence-electron chi connectivity index (χ1n) is 7.48. The molecule has 0 bridgehead atoms. The van der Waals surface area contributed by atoms with Gasteiger partial charge in [-0.25, -0.2) is 9.50 Å². The number of rotatable bonds is 2. The molecule has 21 heavy (non-hydrogen) atoms. The molecule has 0 unspecified atom stereocenters. The molecule has 106 valence electrons. The summed E-state index contributed by atoms with van der Waals surface area (Å²) in [5.74, 6) is 1.06. The van der Waals surface area contributed by atoms with Crippen molar-refractivity contribution in [2.75, 3.05) is 18.0 Å². The Hall–Kier alpha value is -2.36. The van der Waals surface area contributed by atoms with Crippen LogP contribution in [0.25, 0.3) is 16.8 Å². The molecule has 0 N–H and O–H groups in total. The van der Waals surface area contributed by atoms with E-state index in [2.05, 4.69) is 47.1 Å². The second-order valence-corrected chi connectivity index (χ2v) is 5.62. The number of hydrogen-bond donors (Lipinski definition) is 0. The molecular formula is C17H18N4. The largest absolute Gasteiger partial charge is 0.355 e. The van der Waals surface area contributed by atoms with Gasteiger partial charge in [0.2, 0.25) is 0 Å². The zero-order valence-corrected chi connectivity index (χ0v) is 12.2. The fourth-order valence-corrected chi connectivity index (χ4v) is 3.07. The predicted molar refractivity (Wildman–Crippen MR) is 84.6 cm³/mol. The highest BCUT2D eigenvalue weighted by molar-refractivity contribution is 5.76. The van der Waals surface area contributed by atoms with Gasteiger partial charge in [-0.15, -0.1) is 0 Å². The van der Waals surface area contributed by atoms with Crippen LogP contribution in [0.4, 0.5) is 5.82 Å². The van der Waals surface area contributed by atoms with E-state index >= 15 is 0 Å². The standard InChI is InChI=1S/C17H18N4/c1-13-6-2-3-7-14(13)15-12-16-17(20-9-4-5-10-20)18-8-11-21(16)19-15/h2-3,6-8,11-12H,4-5,9-10H2,1H3. The average molecular weight is 278 g/mol. The summed E-state index contributed by atoms with van der Waals surface area (Å²) in [5, 5.41) is 4.73. The Labute approximate surface area is 124 Å². The Morgan fingerprint density at radius 3 is 2.71 bits per heavy atom. The van der Waals surface area contributed by atoms with Crippen LogP contribution < -0.4 is 4.90 Å². The number of hydrogen-bond acceptors (Lipinski definition) is 3. The SMILES string of the molecule is Cc1ccccc1-c1cc2c(N3CCCC3)nccn2n1. The topological polar surface area (TPSA) is 33.4 Å². The van der Waals surface area contributed by atoms with Crippen LogP contribution in [-0.2, 0) is 0 Å². The van der Waals surface area contributed by atoms with E-state index in [-0.39, 0.29) is 0 Å². The minimum absolute atomic E-state index is 1.02. The number of fused-ring (bicyclic) bond motifs is 1. The molecule has 3 aromatic rings. The summed E-state index contributed by atoms with van der Waals surface area (Å²) in [6.45, 7) is 4.31. The summed E-state index contributed by atoms with van der Waals surface area (Å²) in [6.07, 6.45) is 6.27. The van der Waals surface area contributed by atoms with Gasteiger partial charge in [0.15, 0.2) is 5.82 Å². The normalized spacial score (nSPS) is 15.0. The van der Waals surface area contributed by atoms with Crippen molar-refractivity contribution in [3.8, 4) is 11.3 Å². The Balaban J connectivity index is 1.86. The van der Waals surface area contributed by atoms with E-state index in [1.165, 1.54) is 24.0 Å². The highest BCUT2D eigenvalue weighted by Gasteiger charge is 2.18. The van der Waals surface area contributed by atoms with Gasteiger partial charge in [-0.3, -0.25) is 0 Å². The van der Waals surface area contributed by atoms with E-state index < -0.39 is 0 Å². The summed E-state index contributed by atoms with van der Waals surface area (Å²) >= 11 is 0. The molecule has 1 aliphatic heterocycles. The van der Waals surface area contributed by atoms with Crippen LogP contribution in [0.1, 0.15) is 18.4 Å². The molecule has 0 saturated carbocycles. The molecule has 1 aliphatic rings. The lowest BCUT2D eigenvalue weighted by Crippen LogP contribution is -2.19. The van der Waals surface area contributed by atoms with Crippen LogP contribution in [0.3, 0.4) is 0 Å². The monoisotopic (exact) mass is 278 g/mol. The zero-order valence-electron chi connectivity index (χ0n) is 12.2. The third kappa shape index (κ3) is 2.07. The number of aromatic nitrogens is 3. The van der Waals surface area contributed by atoms with Crippen LogP contribution in [0.15, 0.2) is 42.7 Å². The molecule has 0 aliphatic carbocycles. The molecule has 4 heteroatoms. The molecule has 0 amide bonds. The van der Waals surface area contributed by atoms with E-state index in [4.69, 9.17) is 5.10 Å². The molecule has 1 aromatic carbocycles.